The van der Waals surface area contributed by atoms with Crippen molar-refractivity contribution in [3.63, 3.8) is 0 Å². The molecule has 5 heteroatoms. The summed E-state index contributed by atoms with van der Waals surface area (Å²) in [5, 5.41) is 6.65. The van der Waals surface area contributed by atoms with Gasteiger partial charge in [-0.2, -0.15) is 0 Å². The van der Waals surface area contributed by atoms with E-state index in [-0.39, 0.29) is 0 Å². The molecule has 3 heterocycles. The largest absolute Gasteiger partial charge is 0.323 e. The molecule has 0 amide bonds. The van der Waals surface area contributed by atoms with Crippen LogP contribution in [0.1, 0.15) is 30.1 Å². The Morgan fingerprint density at radius 1 is 1.37 bits per heavy atom. The van der Waals surface area contributed by atoms with Gasteiger partial charge in [0.1, 0.15) is 11.6 Å². The van der Waals surface area contributed by atoms with Crippen LogP contribution in [0.2, 0.25) is 0 Å². The van der Waals surface area contributed by atoms with Crippen molar-refractivity contribution in [3.05, 3.63) is 42.0 Å². The quantitative estimate of drug-likeness (QED) is 0.881. The Balaban J connectivity index is 1.81. The van der Waals surface area contributed by atoms with Crippen LogP contribution in [0.25, 0.3) is 0 Å². The number of nitrogens with one attached hydrogen (secondary N) is 2. The van der Waals surface area contributed by atoms with E-state index >= 15 is 0 Å². The van der Waals surface area contributed by atoms with Crippen LogP contribution in [0, 0.1) is 6.92 Å². The highest BCUT2D eigenvalue weighted by Crippen LogP contribution is 2.22. The SMILES string of the molecule is Cc1cccnc1Nc1cncc([C@@H]2CCCN2)n1. The number of hydrogen-bond donors (Lipinski definition) is 2. The average molecular weight is 255 g/mol. The topological polar surface area (TPSA) is 62.7 Å². The maximum atomic E-state index is 4.62. The highest BCUT2D eigenvalue weighted by Gasteiger charge is 2.18. The summed E-state index contributed by atoms with van der Waals surface area (Å²) < 4.78 is 0. The van der Waals surface area contributed by atoms with Crippen molar-refractivity contribution < 1.29 is 0 Å². The Hall–Kier alpha value is -2.01. The normalized spacial score (nSPS) is 18.5. The number of pyridine rings is 1. The molecule has 1 atom stereocenters. The Kier molecular flexibility index (Phi) is 3.37. The lowest BCUT2D eigenvalue weighted by Crippen LogP contribution is -2.15. The number of rotatable bonds is 3. The van der Waals surface area contributed by atoms with Crippen LogP contribution < -0.4 is 10.6 Å². The van der Waals surface area contributed by atoms with Gasteiger partial charge in [0, 0.05) is 6.20 Å². The first-order valence-electron chi connectivity index (χ1n) is 6.57. The van der Waals surface area contributed by atoms with Crippen LogP contribution in [-0.4, -0.2) is 21.5 Å². The van der Waals surface area contributed by atoms with E-state index in [1.54, 1.807) is 12.4 Å². The Morgan fingerprint density at radius 3 is 3.11 bits per heavy atom. The van der Waals surface area contributed by atoms with Crippen LogP contribution in [0.4, 0.5) is 11.6 Å². The number of aromatic nitrogens is 3. The Bertz CT molecular complexity index is 563. The molecule has 0 aromatic carbocycles. The molecule has 1 saturated heterocycles. The molecule has 0 spiro atoms. The van der Waals surface area contributed by atoms with Gasteiger partial charge >= 0.3 is 0 Å². The average Bonchev–Trinajstić information content (AvgIpc) is 2.96. The van der Waals surface area contributed by atoms with Crippen LogP contribution >= 0.6 is 0 Å². The van der Waals surface area contributed by atoms with Gasteiger partial charge in [0.05, 0.1) is 24.1 Å². The molecule has 19 heavy (non-hydrogen) atoms. The van der Waals surface area contributed by atoms with Crippen molar-refractivity contribution in [2.24, 2.45) is 0 Å². The first kappa shape index (κ1) is 12.0. The zero-order valence-corrected chi connectivity index (χ0v) is 10.9. The third-order valence-corrected chi connectivity index (χ3v) is 3.33. The summed E-state index contributed by atoms with van der Waals surface area (Å²) in [7, 11) is 0. The van der Waals surface area contributed by atoms with E-state index < -0.39 is 0 Å². The van der Waals surface area contributed by atoms with Crippen molar-refractivity contribution in [2.75, 3.05) is 11.9 Å². The number of anilines is 2. The lowest BCUT2D eigenvalue weighted by molar-refractivity contribution is 0.625. The molecule has 5 nitrogen and oxygen atoms in total. The van der Waals surface area contributed by atoms with Crippen molar-refractivity contribution >= 4 is 11.6 Å². The summed E-state index contributed by atoms with van der Waals surface area (Å²) >= 11 is 0. The summed E-state index contributed by atoms with van der Waals surface area (Å²) in [6.45, 7) is 3.08. The van der Waals surface area contributed by atoms with Gasteiger partial charge < -0.3 is 10.6 Å². The fourth-order valence-corrected chi connectivity index (χ4v) is 2.28. The molecular weight excluding hydrogens is 238 g/mol. The lowest BCUT2D eigenvalue weighted by atomic mass is 10.2. The minimum absolute atomic E-state index is 0.332. The molecule has 0 bridgehead atoms. The van der Waals surface area contributed by atoms with Gasteiger partial charge in [-0.05, 0) is 37.9 Å². The van der Waals surface area contributed by atoms with Crippen molar-refractivity contribution in [3.8, 4) is 0 Å². The fraction of sp³-hybridized carbons (Fsp3) is 0.357. The molecule has 0 aliphatic carbocycles. The van der Waals surface area contributed by atoms with E-state index in [0.717, 1.165) is 35.9 Å². The third kappa shape index (κ3) is 2.71. The first-order valence-corrected chi connectivity index (χ1v) is 6.57. The number of aryl methyl sites for hydroxylation is 1. The van der Waals surface area contributed by atoms with Gasteiger partial charge in [0.25, 0.3) is 0 Å². The molecule has 2 aromatic heterocycles. The van der Waals surface area contributed by atoms with E-state index in [1.807, 2.05) is 25.3 Å². The molecule has 98 valence electrons. The molecule has 2 aromatic rings. The minimum Gasteiger partial charge on any atom is -0.323 e. The van der Waals surface area contributed by atoms with Crippen LogP contribution in [0.3, 0.4) is 0 Å². The predicted molar refractivity (Wildman–Crippen MR) is 74.3 cm³/mol. The summed E-state index contributed by atoms with van der Waals surface area (Å²) in [6, 6.07) is 4.27. The summed E-state index contributed by atoms with van der Waals surface area (Å²) in [5.74, 6) is 1.57. The van der Waals surface area contributed by atoms with Gasteiger partial charge in [0.15, 0.2) is 0 Å². The van der Waals surface area contributed by atoms with Crippen molar-refractivity contribution in [2.45, 2.75) is 25.8 Å². The van der Waals surface area contributed by atoms with Gasteiger partial charge in [-0.15, -0.1) is 0 Å². The molecule has 0 unspecified atom stereocenters. The van der Waals surface area contributed by atoms with Crippen molar-refractivity contribution in [1.82, 2.24) is 20.3 Å². The van der Waals surface area contributed by atoms with E-state index in [9.17, 15) is 0 Å². The highest BCUT2D eigenvalue weighted by molar-refractivity contribution is 5.54. The van der Waals surface area contributed by atoms with Gasteiger partial charge in [-0.1, -0.05) is 6.07 Å². The first-order chi connectivity index (χ1) is 9.33. The molecule has 2 N–H and O–H groups in total. The zero-order chi connectivity index (χ0) is 13.1. The minimum atomic E-state index is 0.332. The smallest absolute Gasteiger partial charge is 0.150 e. The fourth-order valence-electron chi connectivity index (χ4n) is 2.28. The second kappa shape index (κ2) is 5.32. The third-order valence-electron chi connectivity index (χ3n) is 3.33. The number of hydrogen-bond acceptors (Lipinski definition) is 5. The molecule has 0 radical (unpaired) electrons. The van der Waals surface area contributed by atoms with Crippen LogP contribution in [-0.2, 0) is 0 Å². The zero-order valence-electron chi connectivity index (χ0n) is 10.9. The van der Waals surface area contributed by atoms with E-state index in [1.165, 1.54) is 6.42 Å². The van der Waals surface area contributed by atoms with Gasteiger partial charge in [-0.3, -0.25) is 4.98 Å². The predicted octanol–water partition coefficient (Wildman–Crippen LogP) is 2.35. The van der Waals surface area contributed by atoms with E-state index in [0.29, 0.717) is 6.04 Å². The number of nitrogens with zero attached hydrogens (tertiary/aromatic N) is 3. The molecule has 1 aliphatic heterocycles. The summed E-state index contributed by atoms with van der Waals surface area (Å²) in [5.41, 5.74) is 2.09. The monoisotopic (exact) mass is 255 g/mol. The standard InChI is InChI=1S/C14H17N5/c1-10-4-2-7-17-14(10)19-13-9-15-8-12(18-13)11-5-3-6-16-11/h2,4,7-9,11,16H,3,5-6H2,1H3,(H,17,18,19)/t11-/m0/s1. The molecule has 1 aliphatic rings. The molecule has 1 fully saturated rings. The van der Waals surface area contributed by atoms with E-state index in [4.69, 9.17) is 0 Å². The van der Waals surface area contributed by atoms with E-state index in [2.05, 4.69) is 25.6 Å². The molecular formula is C14H17N5. The van der Waals surface area contributed by atoms with Crippen LogP contribution in [0.5, 0.6) is 0 Å². The highest BCUT2D eigenvalue weighted by atomic mass is 15.1. The van der Waals surface area contributed by atoms with Crippen LogP contribution in [0.15, 0.2) is 30.7 Å². The van der Waals surface area contributed by atoms with Crippen molar-refractivity contribution in [1.29, 1.82) is 0 Å². The molecule has 3 rings (SSSR count). The molecule has 0 saturated carbocycles. The Morgan fingerprint density at radius 2 is 2.32 bits per heavy atom. The maximum absolute atomic E-state index is 4.62. The Labute approximate surface area is 112 Å². The summed E-state index contributed by atoms with van der Waals surface area (Å²) in [4.78, 5) is 13.2. The second-order valence-corrected chi connectivity index (χ2v) is 4.77. The van der Waals surface area contributed by atoms with Gasteiger partial charge in [-0.25, -0.2) is 9.97 Å². The lowest BCUT2D eigenvalue weighted by Gasteiger charge is -2.11. The maximum Gasteiger partial charge on any atom is 0.150 e. The second-order valence-electron chi connectivity index (χ2n) is 4.77. The van der Waals surface area contributed by atoms with Gasteiger partial charge in [0.2, 0.25) is 0 Å². The summed E-state index contributed by atoms with van der Waals surface area (Å²) in [6.07, 6.45) is 7.65.